The van der Waals surface area contributed by atoms with Crippen LogP contribution >= 0.6 is 0 Å². The molecular formula is C17H21NO6. The first-order valence-electron chi connectivity index (χ1n) is 7.68. The van der Waals surface area contributed by atoms with Crippen molar-refractivity contribution in [3.05, 3.63) is 29.8 Å². The van der Waals surface area contributed by atoms with Gasteiger partial charge in [0.25, 0.3) is 0 Å². The van der Waals surface area contributed by atoms with Gasteiger partial charge in [0.15, 0.2) is 5.92 Å². The van der Waals surface area contributed by atoms with Crippen molar-refractivity contribution in [2.24, 2.45) is 10.9 Å². The molecule has 24 heavy (non-hydrogen) atoms. The smallest absolute Gasteiger partial charge is 0.338 e. The van der Waals surface area contributed by atoms with E-state index in [1.165, 1.54) is 6.21 Å². The van der Waals surface area contributed by atoms with Crippen molar-refractivity contribution in [2.45, 2.75) is 20.8 Å². The lowest BCUT2D eigenvalue weighted by atomic mass is 10.1. The van der Waals surface area contributed by atoms with E-state index in [0.717, 1.165) is 0 Å². The largest absolute Gasteiger partial charge is 0.465 e. The molecule has 0 aliphatic carbocycles. The normalized spacial score (nSPS) is 10.7. The number of hydrogen-bond donors (Lipinski definition) is 0. The SMILES string of the molecule is CCOC(=O)c1ccc(N=CC(C(=O)OCC)C(=O)OCC)cc1. The summed E-state index contributed by atoms with van der Waals surface area (Å²) >= 11 is 0. The predicted molar refractivity (Wildman–Crippen MR) is 87.3 cm³/mol. The number of rotatable bonds is 8. The third-order valence-corrected chi connectivity index (χ3v) is 2.83. The van der Waals surface area contributed by atoms with E-state index in [0.29, 0.717) is 17.9 Å². The molecule has 7 heteroatoms. The van der Waals surface area contributed by atoms with Gasteiger partial charge in [-0.15, -0.1) is 0 Å². The number of hydrogen-bond acceptors (Lipinski definition) is 7. The van der Waals surface area contributed by atoms with Crippen molar-refractivity contribution >= 4 is 29.8 Å². The Morgan fingerprint density at radius 2 is 1.42 bits per heavy atom. The summed E-state index contributed by atoms with van der Waals surface area (Å²) in [5, 5.41) is 0. The van der Waals surface area contributed by atoms with E-state index in [1.807, 2.05) is 0 Å². The van der Waals surface area contributed by atoms with Crippen LogP contribution in [0.1, 0.15) is 31.1 Å². The van der Waals surface area contributed by atoms with Crippen molar-refractivity contribution in [1.82, 2.24) is 0 Å². The Bertz CT molecular complexity index is 576. The second kappa shape index (κ2) is 10.1. The fourth-order valence-corrected chi connectivity index (χ4v) is 1.74. The molecular weight excluding hydrogens is 314 g/mol. The molecule has 0 aliphatic heterocycles. The zero-order chi connectivity index (χ0) is 17.9. The summed E-state index contributed by atoms with van der Waals surface area (Å²) in [6.07, 6.45) is 1.18. The predicted octanol–water partition coefficient (Wildman–Crippen LogP) is 2.31. The fourth-order valence-electron chi connectivity index (χ4n) is 1.74. The van der Waals surface area contributed by atoms with Gasteiger partial charge in [-0.1, -0.05) is 0 Å². The molecule has 130 valence electrons. The van der Waals surface area contributed by atoms with Crippen molar-refractivity contribution in [2.75, 3.05) is 19.8 Å². The molecule has 0 saturated carbocycles. The molecule has 0 spiro atoms. The monoisotopic (exact) mass is 335 g/mol. The Morgan fingerprint density at radius 1 is 0.917 bits per heavy atom. The van der Waals surface area contributed by atoms with Crippen LogP contribution < -0.4 is 0 Å². The van der Waals surface area contributed by atoms with E-state index in [2.05, 4.69) is 4.99 Å². The second-order valence-corrected chi connectivity index (χ2v) is 4.53. The average molecular weight is 335 g/mol. The van der Waals surface area contributed by atoms with Crippen LogP contribution in [0.15, 0.2) is 29.3 Å². The van der Waals surface area contributed by atoms with Crippen LogP contribution in [0.25, 0.3) is 0 Å². The Hall–Kier alpha value is -2.70. The fraction of sp³-hybridized carbons (Fsp3) is 0.412. The van der Waals surface area contributed by atoms with Crippen molar-refractivity contribution in [3.63, 3.8) is 0 Å². The standard InChI is InChI=1S/C17H21NO6/c1-4-22-15(19)12-7-9-13(10-8-12)18-11-14(16(20)23-5-2)17(21)24-6-3/h7-11,14H,4-6H2,1-3H3. The molecule has 1 aromatic rings. The number of benzene rings is 1. The van der Waals surface area contributed by atoms with Gasteiger partial charge >= 0.3 is 17.9 Å². The van der Waals surface area contributed by atoms with Gasteiger partial charge in [-0.05, 0) is 45.0 Å². The van der Waals surface area contributed by atoms with Gasteiger partial charge in [-0.2, -0.15) is 0 Å². The van der Waals surface area contributed by atoms with E-state index < -0.39 is 23.8 Å². The number of esters is 3. The van der Waals surface area contributed by atoms with E-state index >= 15 is 0 Å². The lowest BCUT2D eigenvalue weighted by Gasteiger charge is -2.10. The highest BCUT2D eigenvalue weighted by atomic mass is 16.6. The molecule has 0 fully saturated rings. The van der Waals surface area contributed by atoms with Crippen LogP contribution in [0.3, 0.4) is 0 Å². The molecule has 7 nitrogen and oxygen atoms in total. The van der Waals surface area contributed by atoms with Crippen molar-refractivity contribution in [3.8, 4) is 0 Å². The summed E-state index contributed by atoms with van der Waals surface area (Å²) in [7, 11) is 0. The molecule has 0 N–H and O–H groups in total. The lowest BCUT2D eigenvalue weighted by molar-refractivity contribution is -0.157. The highest BCUT2D eigenvalue weighted by Crippen LogP contribution is 2.14. The van der Waals surface area contributed by atoms with E-state index in [9.17, 15) is 14.4 Å². The van der Waals surface area contributed by atoms with Gasteiger partial charge in [-0.3, -0.25) is 14.6 Å². The highest BCUT2D eigenvalue weighted by molar-refractivity contribution is 6.09. The van der Waals surface area contributed by atoms with E-state index in [4.69, 9.17) is 14.2 Å². The minimum Gasteiger partial charge on any atom is -0.465 e. The van der Waals surface area contributed by atoms with Crippen LogP contribution in [0, 0.1) is 5.92 Å². The topological polar surface area (TPSA) is 91.3 Å². The molecule has 0 atom stereocenters. The zero-order valence-corrected chi connectivity index (χ0v) is 14.0. The molecule has 0 amide bonds. The van der Waals surface area contributed by atoms with Gasteiger partial charge in [0.2, 0.25) is 0 Å². The molecule has 0 aliphatic rings. The number of carbonyl (C=O) groups is 3. The summed E-state index contributed by atoms with van der Waals surface area (Å²) in [5.41, 5.74) is 0.866. The third-order valence-electron chi connectivity index (χ3n) is 2.83. The molecule has 0 unspecified atom stereocenters. The highest BCUT2D eigenvalue weighted by Gasteiger charge is 2.27. The van der Waals surface area contributed by atoms with Crippen molar-refractivity contribution < 1.29 is 28.6 Å². The number of aliphatic imine (C=N–C) groups is 1. The third kappa shape index (κ3) is 5.83. The number of carbonyl (C=O) groups excluding carboxylic acids is 3. The van der Waals surface area contributed by atoms with Gasteiger partial charge in [0, 0.05) is 6.21 Å². The Balaban J connectivity index is 2.87. The molecule has 0 radical (unpaired) electrons. The van der Waals surface area contributed by atoms with Crippen LogP contribution in [-0.2, 0) is 23.8 Å². The molecule has 1 rings (SSSR count). The lowest BCUT2D eigenvalue weighted by Crippen LogP contribution is -2.29. The molecule has 0 bridgehead atoms. The minimum atomic E-state index is -1.23. The minimum absolute atomic E-state index is 0.150. The van der Waals surface area contributed by atoms with Gasteiger partial charge in [0.1, 0.15) is 0 Å². The van der Waals surface area contributed by atoms with Crippen LogP contribution in [0.4, 0.5) is 5.69 Å². The van der Waals surface area contributed by atoms with Gasteiger partial charge in [0.05, 0.1) is 31.1 Å². The first-order chi connectivity index (χ1) is 11.5. The Kier molecular flexibility index (Phi) is 8.18. The van der Waals surface area contributed by atoms with Crippen LogP contribution in [0.2, 0.25) is 0 Å². The molecule has 0 aromatic heterocycles. The van der Waals surface area contributed by atoms with Crippen molar-refractivity contribution in [1.29, 1.82) is 0 Å². The Labute approximate surface area is 140 Å². The number of nitrogens with zero attached hydrogens (tertiary/aromatic N) is 1. The molecule has 0 heterocycles. The van der Waals surface area contributed by atoms with Gasteiger partial charge in [-0.25, -0.2) is 4.79 Å². The number of ether oxygens (including phenoxy) is 3. The Morgan fingerprint density at radius 3 is 1.88 bits per heavy atom. The van der Waals surface area contributed by atoms with E-state index in [1.54, 1.807) is 45.0 Å². The second-order valence-electron chi connectivity index (χ2n) is 4.53. The first kappa shape index (κ1) is 19.3. The van der Waals surface area contributed by atoms with Crippen LogP contribution in [0.5, 0.6) is 0 Å². The first-order valence-corrected chi connectivity index (χ1v) is 7.68. The summed E-state index contributed by atoms with van der Waals surface area (Å²) in [5.74, 6) is -3.09. The van der Waals surface area contributed by atoms with E-state index in [-0.39, 0.29) is 13.2 Å². The zero-order valence-electron chi connectivity index (χ0n) is 14.0. The van der Waals surface area contributed by atoms with Gasteiger partial charge < -0.3 is 14.2 Å². The summed E-state index contributed by atoms with van der Waals surface area (Å²) in [4.78, 5) is 39.3. The maximum Gasteiger partial charge on any atom is 0.338 e. The quantitative estimate of drug-likeness (QED) is 0.313. The maximum atomic E-state index is 11.8. The average Bonchev–Trinajstić information content (AvgIpc) is 2.56. The summed E-state index contributed by atoms with van der Waals surface area (Å²) in [6, 6.07) is 6.26. The molecule has 0 saturated heterocycles. The summed E-state index contributed by atoms with van der Waals surface area (Å²) < 4.78 is 14.6. The summed E-state index contributed by atoms with van der Waals surface area (Å²) in [6.45, 7) is 5.60. The maximum absolute atomic E-state index is 11.8. The molecule has 1 aromatic carbocycles. The van der Waals surface area contributed by atoms with Crippen LogP contribution in [-0.4, -0.2) is 43.9 Å².